The van der Waals surface area contributed by atoms with E-state index in [1.54, 1.807) is 4.90 Å². The summed E-state index contributed by atoms with van der Waals surface area (Å²) >= 11 is 0. The molecule has 2 amide bonds. The molecular formula is C19H26N2O4S. The van der Waals surface area contributed by atoms with Gasteiger partial charge < -0.3 is 9.80 Å². The zero-order chi connectivity index (χ0) is 18.7. The molecule has 1 aromatic rings. The summed E-state index contributed by atoms with van der Waals surface area (Å²) in [6.45, 7) is 2.21. The van der Waals surface area contributed by atoms with E-state index in [-0.39, 0.29) is 29.9 Å². The standard InChI is InChI=1S/C19H26N2O4S/c1-26(24,25)14-9-18(22)20-10-4-11-21(13-12-20)19(23)17-8-7-15-5-2-3-6-16(15)17/h2-3,5-6,17H,4,7-14H2,1H3. The van der Waals surface area contributed by atoms with Crippen LogP contribution in [0.4, 0.5) is 0 Å². The minimum atomic E-state index is -3.14. The fraction of sp³-hybridized carbons (Fsp3) is 0.579. The summed E-state index contributed by atoms with van der Waals surface area (Å²) < 4.78 is 22.5. The van der Waals surface area contributed by atoms with Crippen LogP contribution >= 0.6 is 0 Å². The van der Waals surface area contributed by atoms with E-state index in [9.17, 15) is 18.0 Å². The molecule has 2 aliphatic rings. The topological polar surface area (TPSA) is 74.8 Å². The second-order valence-corrected chi connectivity index (χ2v) is 9.49. The first-order chi connectivity index (χ1) is 12.3. The molecule has 1 unspecified atom stereocenters. The lowest BCUT2D eigenvalue weighted by Gasteiger charge is -2.25. The lowest BCUT2D eigenvalue weighted by Crippen LogP contribution is -2.39. The molecule has 1 fully saturated rings. The maximum absolute atomic E-state index is 13.0. The Labute approximate surface area is 155 Å². The van der Waals surface area contributed by atoms with Crippen LogP contribution in [0.1, 0.15) is 36.3 Å². The number of rotatable bonds is 4. The van der Waals surface area contributed by atoms with Crippen LogP contribution in [0.25, 0.3) is 0 Å². The zero-order valence-corrected chi connectivity index (χ0v) is 16.0. The smallest absolute Gasteiger partial charge is 0.230 e. The predicted molar refractivity (Wildman–Crippen MR) is 99.6 cm³/mol. The molecular weight excluding hydrogens is 352 g/mol. The highest BCUT2D eigenvalue weighted by Gasteiger charge is 2.32. The monoisotopic (exact) mass is 378 g/mol. The van der Waals surface area contributed by atoms with Crippen molar-refractivity contribution in [1.82, 2.24) is 9.80 Å². The van der Waals surface area contributed by atoms with Crippen LogP contribution < -0.4 is 0 Å². The molecule has 0 bridgehead atoms. The van der Waals surface area contributed by atoms with Crippen LogP contribution in [0, 0.1) is 0 Å². The van der Waals surface area contributed by atoms with Gasteiger partial charge in [0, 0.05) is 38.9 Å². The average molecular weight is 378 g/mol. The first-order valence-corrected chi connectivity index (χ1v) is 11.2. The molecule has 3 rings (SSSR count). The van der Waals surface area contributed by atoms with Crippen LogP contribution in [-0.2, 0) is 25.8 Å². The largest absolute Gasteiger partial charge is 0.341 e. The third-order valence-corrected chi connectivity index (χ3v) is 6.22. The van der Waals surface area contributed by atoms with Crippen LogP contribution in [0.3, 0.4) is 0 Å². The van der Waals surface area contributed by atoms with Crippen LogP contribution in [0.15, 0.2) is 24.3 Å². The molecule has 0 radical (unpaired) electrons. The van der Waals surface area contributed by atoms with Crippen molar-refractivity contribution in [1.29, 1.82) is 0 Å². The van der Waals surface area contributed by atoms with Gasteiger partial charge in [-0.3, -0.25) is 9.59 Å². The number of carbonyl (C=O) groups excluding carboxylic acids is 2. The Morgan fingerprint density at radius 1 is 1.08 bits per heavy atom. The van der Waals surface area contributed by atoms with Crippen molar-refractivity contribution in [3.63, 3.8) is 0 Å². The second-order valence-electron chi connectivity index (χ2n) is 7.23. The number of nitrogens with zero attached hydrogens (tertiary/aromatic N) is 2. The lowest BCUT2D eigenvalue weighted by molar-refractivity contribution is -0.134. The fourth-order valence-electron chi connectivity index (χ4n) is 3.85. The van der Waals surface area contributed by atoms with Gasteiger partial charge in [-0.25, -0.2) is 8.42 Å². The van der Waals surface area contributed by atoms with Crippen molar-refractivity contribution < 1.29 is 18.0 Å². The van der Waals surface area contributed by atoms with E-state index >= 15 is 0 Å². The maximum atomic E-state index is 13.0. The van der Waals surface area contributed by atoms with Gasteiger partial charge in [0.05, 0.1) is 11.7 Å². The summed E-state index contributed by atoms with van der Waals surface area (Å²) in [7, 11) is -3.14. The Morgan fingerprint density at radius 3 is 2.54 bits per heavy atom. The van der Waals surface area contributed by atoms with E-state index in [1.165, 1.54) is 5.56 Å². The summed E-state index contributed by atoms with van der Waals surface area (Å²) in [5.41, 5.74) is 2.40. The van der Waals surface area contributed by atoms with E-state index in [0.717, 1.165) is 31.1 Å². The number of amides is 2. The first-order valence-electron chi connectivity index (χ1n) is 9.17. The number of benzene rings is 1. The first kappa shape index (κ1) is 18.9. The van der Waals surface area contributed by atoms with Gasteiger partial charge >= 0.3 is 0 Å². The van der Waals surface area contributed by atoms with Gasteiger partial charge in [-0.2, -0.15) is 0 Å². The number of fused-ring (bicyclic) bond motifs is 1. The Bertz CT molecular complexity index is 790. The third-order valence-electron chi connectivity index (χ3n) is 5.28. The normalized spacial score (nSPS) is 20.6. The third kappa shape index (κ3) is 4.44. The number of hydrogen-bond donors (Lipinski definition) is 0. The van der Waals surface area contributed by atoms with Gasteiger partial charge in [-0.05, 0) is 30.4 Å². The van der Waals surface area contributed by atoms with Gasteiger partial charge in [-0.15, -0.1) is 0 Å². The van der Waals surface area contributed by atoms with E-state index in [2.05, 4.69) is 6.07 Å². The highest BCUT2D eigenvalue weighted by Crippen LogP contribution is 2.34. The Morgan fingerprint density at radius 2 is 1.77 bits per heavy atom. The van der Waals surface area contributed by atoms with Gasteiger partial charge in [0.2, 0.25) is 11.8 Å². The fourth-order valence-corrected chi connectivity index (χ4v) is 4.40. The molecule has 1 atom stereocenters. The summed E-state index contributed by atoms with van der Waals surface area (Å²) in [5, 5.41) is 0. The summed E-state index contributed by atoms with van der Waals surface area (Å²) in [5.74, 6) is -0.181. The van der Waals surface area contributed by atoms with Gasteiger partial charge in [0.25, 0.3) is 0 Å². The molecule has 1 aliphatic heterocycles. The van der Waals surface area contributed by atoms with E-state index in [0.29, 0.717) is 26.2 Å². The number of hydrogen-bond acceptors (Lipinski definition) is 4. The van der Waals surface area contributed by atoms with Crippen molar-refractivity contribution in [3.05, 3.63) is 35.4 Å². The summed E-state index contributed by atoms with van der Waals surface area (Å²) in [6.07, 6.45) is 3.68. The zero-order valence-electron chi connectivity index (χ0n) is 15.2. The maximum Gasteiger partial charge on any atom is 0.230 e. The molecule has 1 aliphatic carbocycles. The molecule has 1 saturated heterocycles. The van der Waals surface area contributed by atoms with Gasteiger partial charge in [0.15, 0.2) is 0 Å². The predicted octanol–water partition coefficient (Wildman–Crippen LogP) is 1.21. The Kier molecular flexibility index (Phi) is 5.65. The summed E-state index contributed by atoms with van der Waals surface area (Å²) in [6, 6.07) is 8.13. The van der Waals surface area contributed by atoms with E-state index in [1.807, 2.05) is 23.1 Å². The molecule has 0 saturated carbocycles. The molecule has 1 heterocycles. The quantitative estimate of drug-likeness (QED) is 0.789. The van der Waals surface area contributed by atoms with Crippen molar-refractivity contribution in [2.45, 2.75) is 31.6 Å². The Hall–Kier alpha value is -1.89. The number of carbonyl (C=O) groups is 2. The molecule has 7 heteroatoms. The average Bonchev–Trinajstić information content (AvgIpc) is 2.87. The van der Waals surface area contributed by atoms with Crippen molar-refractivity contribution in [2.75, 3.05) is 38.2 Å². The van der Waals surface area contributed by atoms with Crippen molar-refractivity contribution >= 4 is 21.7 Å². The molecule has 6 nitrogen and oxygen atoms in total. The second kappa shape index (κ2) is 7.78. The van der Waals surface area contributed by atoms with Crippen LogP contribution in [0.5, 0.6) is 0 Å². The minimum absolute atomic E-state index is 0.0166. The van der Waals surface area contributed by atoms with Crippen molar-refractivity contribution in [3.8, 4) is 0 Å². The summed E-state index contributed by atoms with van der Waals surface area (Å²) in [4.78, 5) is 28.8. The molecule has 0 aromatic heterocycles. The minimum Gasteiger partial charge on any atom is -0.341 e. The molecule has 26 heavy (non-hydrogen) atoms. The van der Waals surface area contributed by atoms with Gasteiger partial charge in [-0.1, -0.05) is 24.3 Å². The highest BCUT2D eigenvalue weighted by atomic mass is 32.2. The SMILES string of the molecule is CS(=O)(=O)CCC(=O)N1CCCN(C(=O)C2CCc3ccccc32)CC1. The number of aryl methyl sites for hydroxylation is 1. The molecule has 0 spiro atoms. The number of sulfone groups is 1. The van der Waals surface area contributed by atoms with Crippen LogP contribution in [-0.4, -0.2) is 68.2 Å². The van der Waals surface area contributed by atoms with E-state index in [4.69, 9.17) is 0 Å². The lowest BCUT2D eigenvalue weighted by atomic mass is 10.00. The van der Waals surface area contributed by atoms with Gasteiger partial charge in [0.1, 0.15) is 9.84 Å². The van der Waals surface area contributed by atoms with Crippen LogP contribution in [0.2, 0.25) is 0 Å². The van der Waals surface area contributed by atoms with E-state index < -0.39 is 9.84 Å². The molecule has 142 valence electrons. The molecule has 1 aromatic carbocycles. The molecule has 0 N–H and O–H groups in total. The van der Waals surface area contributed by atoms with Crippen molar-refractivity contribution in [2.24, 2.45) is 0 Å². The highest BCUT2D eigenvalue weighted by molar-refractivity contribution is 7.90. The Balaban J connectivity index is 1.59.